The standard InChI is InChI=1S/C24H25FN4O3S2/c1-16(30)26-13-20-14-29(24(31)32-20)19-9-10-21(22(25)12-19)18-7-5-17(6-8-18)4-2-3-11-33-23-28-27-15-34-23/h5-10,12,15,20H,2-4,11,13-14H2,1H3,(H,26,30)/t20-/m0/s1. The molecule has 10 heteroatoms. The van der Waals surface area contributed by atoms with E-state index in [1.807, 2.05) is 24.3 Å². The van der Waals surface area contributed by atoms with Crippen LogP contribution in [0.1, 0.15) is 25.3 Å². The van der Waals surface area contributed by atoms with Crippen LogP contribution in [-0.2, 0) is 16.0 Å². The average molecular weight is 501 g/mol. The topological polar surface area (TPSA) is 84.4 Å². The lowest BCUT2D eigenvalue weighted by atomic mass is 10.0. The Morgan fingerprint density at radius 1 is 1.26 bits per heavy atom. The molecular weight excluding hydrogens is 475 g/mol. The van der Waals surface area contributed by atoms with E-state index in [1.165, 1.54) is 23.5 Å². The Bertz CT molecular complexity index is 1130. The Balaban J connectivity index is 1.31. The molecule has 1 N–H and O–H groups in total. The largest absolute Gasteiger partial charge is 0.442 e. The molecule has 0 bridgehead atoms. The van der Waals surface area contributed by atoms with E-state index in [2.05, 4.69) is 15.5 Å². The minimum atomic E-state index is -0.548. The van der Waals surface area contributed by atoms with Gasteiger partial charge in [-0.2, -0.15) is 0 Å². The molecule has 2 aromatic carbocycles. The number of cyclic esters (lactones) is 1. The number of aryl methyl sites for hydroxylation is 1. The number of nitrogens with zero attached hydrogens (tertiary/aromatic N) is 3. The molecule has 7 nitrogen and oxygen atoms in total. The van der Waals surface area contributed by atoms with Gasteiger partial charge < -0.3 is 10.1 Å². The summed E-state index contributed by atoms with van der Waals surface area (Å²) < 4.78 is 21.2. The predicted octanol–water partition coefficient (Wildman–Crippen LogP) is 4.92. The molecule has 0 radical (unpaired) electrons. The summed E-state index contributed by atoms with van der Waals surface area (Å²) in [5.74, 6) is 0.417. The van der Waals surface area contributed by atoms with Crippen molar-refractivity contribution in [1.29, 1.82) is 0 Å². The summed E-state index contributed by atoms with van der Waals surface area (Å²) in [5.41, 5.74) is 4.65. The van der Waals surface area contributed by atoms with Gasteiger partial charge in [0.2, 0.25) is 5.91 Å². The van der Waals surface area contributed by atoms with E-state index >= 15 is 0 Å². The van der Waals surface area contributed by atoms with Gasteiger partial charge in [-0.3, -0.25) is 9.69 Å². The number of amides is 2. The lowest BCUT2D eigenvalue weighted by Crippen LogP contribution is -2.33. The van der Waals surface area contributed by atoms with Gasteiger partial charge in [-0.25, -0.2) is 9.18 Å². The Kier molecular flexibility index (Phi) is 8.12. The monoisotopic (exact) mass is 500 g/mol. The van der Waals surface area contributed by atoms with Crippen molar-refractivity contribution in [2.45, 2.75) is 36.6 Å². The van der Waals surface area contributed by atoms with Gasteiger partial charge in [-0.1, -0.05) is 47.4 Å². The molecule has 2 heterocycles. The molecule has 3 aromatic rings. The minimum absolute atomic E-state index is 0.195. The van der Waals surface area contributed by atoms with Crippen molar-refractivity contribution in [3.8, 4) is 11.1 Å². The molecule has 1 fully saturated rings. The predicted molar refractivity (Wildman–Crippen MR) is 132 cm³/mol. The number of thioether (sulfide) groups is 1. The van der Waals surface area contributed by atoms with Gasteiger partial charge in [0.25, 0.3) is 0 Å². The zero-order valence-electron chi connectivity index (χ0n) is 18.7. The van der Waals surface area contributed by atoms with Crippen LogP contribution in [0.5, 0.6) is 0 Å². The Labute approximate surface area is 205 Å². The lowest BCUT2D eigenvalue weighted by Gasteiger charge is -2.14. The van der Waals surface area contributed by atoms with Gasteiger partial charge in [0.05, 0.1) is 18.8 Å². The quantitative estimate of drug-likeness (QED) is 0.314. The van der Waals surface area contributed by atoms with Gasteiger partial charge >= 0.3 is 6.09 Å². The molecule has 178 valence electrons. The van der Waals surface area contributed by atoms with Crippen molar-refractivity contribution in [2.75, 3.05) is 23.7 Å². The number of benzene rings is 2. The summed E-state index contributed by atoms with van der Waals surface area (Å²) in [5, 5.41) is 10.5. The zero-order valence-corrected chi connectivity index (χ0v) is 20.3. The highest BCUT2D eigenvalue weighted by Crippen LogP contribution is 2.29. The van der Waals surface area contributed by atoms with Gasteiger partial charge in [0, 0.05) is 18.2 Å². The van der Waals surface area contributed by atoms with E-state index in [0.717, 1.165) is 34.9 Å². The smallest absolute Gasteiger partial charge is 0.414 e. The van der Waals surface area contributed by atoms with E-state index in [-0.39, 0.29) is 19.0 Å². The molecule has 0 aliphatic carbocycles. The number of hydrogen-bond acceptors (Lipinski definition) is 7. The number of hydrogen-bond donors (Lipinski definition) is 1. The number of unbranched alkanes of at least 4 members (excludes halogenated alkanes) is 1. The van der Waals surface area contributed by atoms with Crippen LogP contribution in [0.25, 0.3) is 11.1 Å². The summed E-state index contributed by atoms with van der Waals surface area (Å²) in [6.45, 7) is 1.89. The number of nitrogens with one attached hydrogen (secondary N) is 1. The maximum absolute atomic E-state index is 14.9. The lowest BCUT2D eigenvalue weighted by molar-refractivity contribution is -0.119. The Morgan fingerprint density at radius 3 is 2.79 bits per heavy atom. The zero-order chi connectivity index (χ0) is 23.9. The van der Waals surface area contributed by atoms with Crippen LogP contribution in [0.15, 0.2) is 52.3 Å². The normalized spacial score (nSPS) is 15.4. The van der Waals surface area contributed by atoms with Crippen LogP contribution < -0.4 is 10.2 Å². The second-order valence-corrected chi connectivity index (χ2v) is 10.1. The summed E-state index contributed by atoms with van der Waals surface area (Å²) in [6, 6.07) is 12.7. The van der Waals surface area contributed by atoms with Crippen molar-refractivity contribution in [3.05, 3.63) is 59.4 Å². The summed E-state index contributed by atoms with van der Waals surface area (Å²) in [6.07, 6.45) is 2.12. The molecule has 0 spiro atoms. The molecule has 34 heavy (non-hydrogen) atoms. The van der Waals surface area contributed by atoms with Crippen LogP contribution in [0.4, 0.5) is 14.9 Å². The highest BCUT2D eigenvalue weighted by atomic mass is 32.2. The first-order chi connectivity index (χ1) is 16.5. The number of carbonyl (C=O) groups excluding carboxylic acids is 2. The second-order valence-electron chi connectivity index (χ2n) is 7.92. The number of halogens is 1. The highest BCUT2D eigenvalue weighted by molar-refractivity contribution is 8.00. The molecule has 2 amide bonds. The van der Waals surface area contributed by atoms with Gasteiger partial charge in [0.1, 0.15) is 17.4 Å². The maximum atomic E-state index is 14.9. The average Bonchev–Trinajstić information content (AvgIpc) is 3.47. The number of aromatic nitrogens is 2. The van der Waals surface area contributed by atoms with Gasteiger partial charge in [0.15, 0.2) is 4.34 Å². The fourth-order valence-corrected chi connectivity index (χ4v) is 5.23. The SMILES string of the molecule is CC(=O)NC[C@H]1CN(c2ccc(-c3ccc(CCCCSc4nncs4)cc3)c(F)c2)C(=O)O1. The Morgan fingerprint density at radius 2 is 2.09 bits per heavy atom. The molecule has 1 aromatic heterocycles. The van der Waals surface area contributed by atoms with Crippen molar-refractivity contribution < 1.29 is 18.7 Å². The van der Waals surface area contributed by atoms with Crippen LogP contribution in [-0.4, -0.2) is 47.1 Å². The first-order valence-electron chi connectivity index (χ1n) is 11.0. The minimum Gasteiger partial charge on any atom is -0.442 e. The summed E-state index contributed by atoms with van der Waals surface area (Å²) >= 11 is 3.29. The highest BCUT2D eigenvalue weighted by Gasteiger charge is 2.32. The van der Waals surface area contributed by atoms with Crippen LogP contribution in [0.3, 0.4) is 0 Å². The number of ether oxygens (including phenoxy) is 1. The molecule has 1 saturated heterocycles. The maximum Gasteiger partial charge on any atom is 0.414 e. The van der Waals surface area contributed by atoms with Crippen LogP contribution >= 0.6 is 23.1 Å². The number of rotatable bonds is 10. The third kappa shape index (κ3) is 6.32. The first kappa shape index (κ1) is 24.2. The fourth-order valence-electron chi connectivity index (χ4n) is 3.67. The number of carbonyl (C=O) groups is 2. The molecule has 1 aliphatic rings. The fraction of sp³-hybridized carbons (Fsp3) is 0.333. The van der Waals surface area contributed by atoms with E-state index in [0.29, 0.717) is 11.3 Å². The molecule has 1 aliphatic heterocycles. The van der Waals surface area contributed by atoms with E-state index in [1.54, 1.807) is 40.7 Å². The van der Waals surface area contributed by atoms with Crippen molar-refractivity contribution in [1.82, 2.24) is 15.5 Å². The van der Waals surface area contributed by atoms with Crippen molar-refractivity contribution in [2.24, 2.45) is 0 Å². The van der Waals surface area contributed by atoms with Gasteiger partial charge in [-0.05, 0) is 48.6 Å². The Hall–Kier alpha value is -2.98. The van der Waals surface area contributed by atoms with E-state index in [9.17, 15) is 14.0 Å². The summed E-state index contributed by atoms with van der Waals surface area (Å²) in [4.78, 5) is 24.6. The van der Waals surface area contributed by atoms with Gasteiger partial charge in [-0.15, -0.1) is 10.2 Å². The summed E-state index contributed by atoms with van der Waals surface area (Å²) in [7, 11) is 0. The van der Waals surface area contributed by atoms with Crippen LogP contribution in [0.2, 0.25) is 0 Å². The van der Waals surface area contributed by atoms with E-state index in [4.69, 9.17) is 4.74 Å². The molecule has 0 unspecified atom stereocenters. The van der Waals surface area contributed by atoms with Crippen molar-refractivity contribution >= 4 is 40.8 Å². The third-order valence-corrected chi connectivity index (χ3v) is 7.35. The molecule has 0 saturated carbocycles. The number of anilines is 1. The molecule has 1 atom stereocenters. The van der Waals surface area contributed by atoms with E-state index < -0.39 is 18.0 Å². The molecule has 4 rings (SSSR count). The van der Waals surface area contributed by atoms with Crippen molar-refractivity contribution in [3.63, 3.8) is 0 Å². The third-order valence-electron chi connectivity index (χ3n) is 5.41. The molecular formula is C24H25FN4O3S2. The first-order valence-corrected chi connectivity index (χ1v) is 12.9. The second kappa shape index (κ2) is 11.4. The van der Waals surface area contributed by atoms with Crippen LogP contribution in [0, 0.1) is 5.82 Å².